The first-order valence-electron chi connectivity index (χ1n) is 9.29. The Morgan fingerprint density at radius 3 is 2.64 bits per heavy atom. The number of hydrogen-bond donors (Lipinski definition) is 1. The molecule has 130 valence electrons. The Hall–Kier alpha value is -2.36. The fourth-order valence-corrected chi connectivity index (χ4v) is 4.13. The van der Waals surface area contributed by atoms with Gasteiger partial charge in [0.2, 0.25) is 0 Å². The smallest absolute Gasteiger partial charge is 0.261 e. The molecule has 0 spiro atoms. The van der Waals surface area contributed by atoms with Crippen LogP contribution in [0.2, 0.25) is 0 Å². The predicted octanol–water partition coefficient (Wildman–Crippen LogP) is 2.96. The lowest BCUT2D eigenvalue weighted by Gasteiger charge is -2.32. The van der Waals surface area contributed by atoms with Crippen LogP contribution < -0.4 is 5.56 Å². The third-order valence-corrected chi connectivity index (χ3v) is 5.59. The summed E-state index contributed by atoms with van der Waals surface area (Å²) in [6.45, 7) is 1.49. The first-order valence-corrected chi connectivity index (χ1v) is 9.29. The molecule has 1 fully saturated rings. The summed E-state index contributed by atoms with van der Waals surface area (Å²) in [6, 6.07) is 12.4. The maximum atomic E-state index is 12.8. The molecule has 2 heterocycles. The van der Waals surface area contributed by atoms with Crippen molar-refractivity contribution in [1.29, 1.82) is 0 Å². The van der Waals surface area contributed by atoms with Gasteiger partial charge in [0.15, 0.2) is 0 Å². The van der Waals surface area contributed by atoms with Crippen molar-refractivity contribution in [2.45, 2.75) is 38.5 Å². The van der Waals surface area contributed by atoms with Gasteiger partial charge in [0, 0.05) is 18.8 Å². The lowest BCUT2D eigenvalue weighted by Crippen LogP contribution is -2.41. The molecular weight excluding hydrogens is 312 g/mol. The van der Waals surface area contributed by atoms with Gasteiger partial charge in [0.1, 0.15) is 5.56 Å². The lowest BCUT2D eigenvalue weighted by atomic mass is 9.90. The number of piperidine rings is 1. The number of nitrogens with zero attached hydrogens (tertiary/aromatic N) is 1. The van der Waals surface area contributed by atoms with E-state index in [-0.39, 0.29) is 11.5 Å². The van der Waals surface area contributed by atoms with E-state index in [1.165, 1.54) is 5.56 Å². The molecule has 25 heavy (non-hydrogen) atoms. The molecule has 2 aromatic rings. The maximum Gasteiger partial charge on any atom is 0.261 e. The number of nitrogens with one attached hydrogen (secondary N) is 1. The molecule has 1 amide bonds. The van der Waals surface area contributed by atoms with Crippen molar-refractivity contribution in [3.05, 3.63) is 69.1 Å². The Labute approximate surface area is 147 Å². The molecule has 0 unspecified atom stereocenters. The molecule has 0 atom stereocenters. The number of aromatic nitrogens is 1. The summed E-state index contributed by atoms with van der Waals surface area (Å²) in [6.07, 6.45) is 6.03. The van der Waals surface area contributed by atoms with Crippen LogP contribution in [-0.2, 0) is 19.3 Å². The van der Waals surface area contributed by atoms with Crippen LogP contribution in [0.5, 0.6) is 0 Å². The second-order valence-corrected chi connectivity index (χ2v) is 7.29. The highest BCUT2D eigenvalue weighted by Crippen LogP contribution is 2.24. The normalized spacial score (nSPS) is 17.5. The molecule has 0 bridgehead atoms. The zero-order valence-corrected chi connectivity index (χ0v) is 14.5. The van der Waals surface area contributed by atoms with E-state index in [0.29, 0.717) is 11.5 Å². The zero-order valence-electron chi connectivity index (χ0n) is 14.5. The van der Waals surface area contributed by atoms with Gasteiger partial charge in [0.25, 0.3) is 11.5 Å². The molecule has 1 aliphatic heterocycles. The summed E-state index contributed by atoms with van der Waals surface area (Å²) in [4.78, 5) is 29.8. The van der Waals surface area contributed by atoms with Gasteiger partial charge in [-0.15, -0.1) is 0 Å². The molecular formula is C21H24N2O2. The lowest BCUT2D eigenvalue weighted by molar-refractivity contribution is 0.0688. The summed E-state index contributed by atoms with van der Waals surface area (Å²) in [5, 5.41) is 0. The van der Waals surface area contributed by atoms with Gasteiger partial charge in [-0.1, -0.05) is 30.3 Å². The van der Waals surface area contributed by atoms with E-state index in [2.05, 4.69) is 29.2 Å². The molecule has 4 rings (SSSR count). The SMILES string of the molecule is O=C(c1cc2c([nH]c1=O)CCC2)N1CCC(Cc2ccccc2)CC1. The first-order chi connectivity index (χ1) is 12.2. The number of aryl methyl sites for hydroxylation is 2. The van der Waals surface area contributed by atoms with Crippen LogP contribution in [0.1, 0.15) is 46.4 Å². The Morgan fingerprint density at radius 1 is 1.12 bits per heavy atom. The number of carbonyl (C=O) groups is 1. The standard InChI is InChI=1S/C21H24N2O2/c24-20-18(14-17-7-4-8-19(17)22-20)21(25)23-11-9-16(10-12-23)13-15-5-2-1-3-6-15/h1-3,5-6,14,16H,4,7-13H2,(H,22,24). The van der Waals surface area contributed by atoms with Gasteiger partial charge in [-0.3, -0.25) is 9.59 Å². The van der Waals surface area contributed by atoms with E-state index in [1.54, 1.807) is 0 Å². The van der Waals surface area contributed by atoms with E-state index < -0.39 is 0 Å². The van der Waals surface area contributed by atoms with E-state index in [9.17, 15) is 9.59 Å². The van der Waals surface area contributed by atoms with Crippen molar-refractivity contribution in [2.75, 3.05) is 13.1 Å². The minimum atomic E-state index is -0.225. The minimum absolute atomic E-state index is 0.103. The summed E-state index contributed by atoms with van der Waals surface area (Å²) in [5.41, 5.74) is 3.62. The number of fused-ring (bicyclic) bond motifs is 1. The highest BCUT2D eigenvalue weighted by Gasteiger charge is 2.26. The Bertz CT molecular complexity index is 818. The average Bonchev–Trinajstić information content (AvgIpc) is 3.09. The number of aromatic amines is 1. The van der Waals surface area contributed by atoms with Crippen LogP contribution in [0.3, 0.4) is 0 Å². The van der Waals surface area contributed by atoms with E-state index in [0.717, 1.165) is 62.9 Å². The Balaban J connectivity index is 1.41. The number of amides is 1. The van der Waals surface area contributed by atoms with Gasteiger partial charge in [-0.25, -0.2) is 0 Å². The van der Waals surface area contributed by atoms with E-state index >= 15 is 0 Å². The van der Waals surface area contributed by atoms with Crippen LogP contribution in [0.15, 0.2) is 41.2 Å². The average molecular weight is 336 g/mol. The van der Waals surface area contributed by atoms with Crippen molar-refractivity contribution in [1.82, 2.24) is 9.88 Å². The van der Waals surface area contributed by atoms with Crippen molar-refractivity contribution < 1.29 is 4.79 Å². The number of hydrogen-bond acceptors (Lipinski definition) is 2. The van der Waals surface area contributed by atoms with Crippen LogP contribution >= 0.6 is 0 Å². The van der Waals surface area contributed by atoms with Crippen molar-refractivity contribution in [3.63, 3.8) is 0 Å². The van der Waals surface area contributed by atoms with E-state index in [1.807, 2.05) is 17.0 Å². The van der Waals surface area contributed by atoms with Gasteiger partial charge in [-0.2, -0.15) is 0 Å². The number of benzene rings is 1. The third kappa shape index (κ3) is 3.39. The van der Waals surface area contributed by atoms with Crippen LogP contribution in [0, 0.1) is 5.92 Å². The maximum absolute atomic E-state index is 12.8. The van der Waals surface area contributed by atoms with Crippen LogP contribution in [0.25, 0.3) is 0 Å². The number of carbonyl (C=O) groups excluding carboxylic acids is 1. The Kier molecular flexibility index (Phi) is 4.43. The molecule has 1 N–H and O–H groups in total. The molecule has 2 aliphatic rings. The summed E-state index contributed by atoms with van der Waals surface area (Å²) >= 11 is 0. The minimum Gasteiger partial charge on any atom is -0.338 e. The molecule has 0 radical (unpaired) electrons. The van der Waals surface area contributed by atoms with Crippen LogP contribution in [-0.4, -0.2) is 28.9 Å². The second kappa shape index (κ2) is 6.87. The van der Waals surface area contributed by atoms with Crippen molar-refractivity contribution >= 4 is 5.91 Å². The molecule has 1 saturated heterocycles. The molecule has 1 aliphatic carbocycles. The van der Waals surface area contributed by atoms with Gasteiger partial charge in [0.05, 0.1) is 0 Å². The number of H-pyrrole nitrogens is 1. The number of rotatable bonds is 3. The van der Waals surface area contributed by atoms with Crippen molar-refractivity contribution in [2.24, 2.45) is 5.92 Å². The summed E-state index contributed by atoms with van der Waals surface area (Å²) < 4.78 is 0. The van der Waals surface area contributed by atoms with Gasteiger partial charge in [-0.05, 0) is 61.6 Å². The fourth-order valence-electron chi connectivity index (χ4n) is 4.13. The first kappa shape index (κ1) is 16.1. The monoisotopic (exact) mass is 336 g/mol. The Morgan fingerprint density at radius 2 is 1.88 bits per heavy atom. The molecule has 4 heteroatoms. The molecule has 4 nitrogen and oxygen atoms in total. The number of likely N-dealkylation sites (tertiary alicyclic amines) is 1. The molecule has 0 saturated carbocycles. The topological polar surface area (TPSA) is 53.2 Å². The summed E-state index contributed by atoms with van der Waals surface area (Å²) in [5.74, 6) is 0.513. The zero-order chi connectivity index (χ0) is 17.2. The third-order valence-electron chi connectivity index (χ3n) is 5.59. The largest absolute Gasteiger partial charge is 0.338 e. The quantitative estimate of drug-likeness (QED) is 0.937. The predicted molar refractivity (Wildman–Crippen MR) is 97.9 cm³/mol. The fraction of sp³-hybridized carbons (Fsp3) is 0.429. The van der Waals surface area contributed by atoms with Crippen molar-refractivity contribution in [3.8, 4) is 0 Å². The summed E-state index contributed by atoms with van der Waals surface area (Å²) in [7, 11) is 0. The van der Waals surface area contributed by atoms with E-state index in [4.69, 9.17) is 0 Å². The second-order valence-electron chi connectivity index (χ2n) is 7.29. The van der Waals surface area contributed by atoms with Gasteiger partial charge < -0.3 is 9.88 Å². The molecule has 1 aromatic carbocycles. The molecule has 1 aromatic heterocycles. The highest BCUT2D eigenvalue weighted by molar-refractivity contribution is 5.94. The number of pyridine rings is 1. The van der Waals surface area contributed by atoms with Gasteiger partial charge >= 0.3 is 0 Å². The van der Waals surface area contributed by atoms with Crippen LogP contribution in [0.4, 0.5) is 0 Å². The highest BCUT2D eigenvalue weighted by atomic mass is 16.2.